The first-order valence-corrected chi connectivity index (χ1v) is 52.5. The number of hydrogen-bond donors (Lipinski definition) is 0. The van der Waals surface area contributed by atoms with Crippen LogP contribution in [0.25, 0.3) is 69.9 Å². The molecule has 21 aromatic carbocycles. The number of nitrogens with zero attached hydrogens (tertiary/aromatic N) is 7. The number of anilines is 18. The van der Waals surface area contributed by atoms with Crippen LogP contribution >= 0.6 is 11.3 Å². The molecule has 10 nitrogen and oxygen atoms in total. The first-order chi connectivity index (χ1) is 73.1. The summed E-state index contributed by atoms with van der Waals surface area (Å²) >= 11 is 1.86. The van der Waals surface area contributed by atoms with Gasteiger partial charge in [-0.25, -0.2) is 0 Å². The Morgan fingerprint density at radius 3 is 1.27 bits per heavy atom. The number of hydrogen-bond acceptors (Lipinski definition) is 10. The predicted octanol–water partition coefficient (Wildman–Crippen LogP) is 30.9. The van der Waals surface area contributed by atoms with Crippen molar-refractivity contribution in [3.8, 4) is 62.4 Å². The summed E-state index contributed by atoms with van der Waals surface area (Å²) in [5, 5.41) is 4.70. The molecule has 6 aliphatic rings. The van der Waals surface area contributed by atoms with Crippen LogP contribution in [0.3, 0.4) is 0 Å². The Morgan fingerprint density at radius 1 is 0.248 bits per heavy atom. The van der Waals surface area contributed by atoms with E-state index in [-0.39, 0.29) is 20.1 Å². The summed E-state index contributed by atoms with van der Waals surface area (Å²) in [4.78, 5) is 14.7. The molecule has 0 spiro atoms. The Kier molecular flexibility index (Phi) is 20.0. The molecule has 0 saturated heterocycles. The van der Waals surface area contributed by atoms with E-state index in [1.54, 1.807) is 0 Å². The second-order valence-corrected chi connectivity index (χ2v) is 42.1. The Balaban J connectivity index is 0.498. The fourth-order valence-corrected chi connectivity index (χ4v) is 26.1. The van der Waals surface area contributed by atoms with Gasteiger partial charge in [0.15, 0.2) is 0 Å². The van der Waals surface area contributed by atoms with Gasteiger partial charge in [0.1, 0.15) is 34.5 Å². The average molecular weight is 1930 g/mol. The van der Waals surface area contributed by atoms with E-state index in [2.05, 4.69) is 527 Å². The van der Waals surface area contributed by atoms with Gasteiger partial charge < -0.3 is 48.2 Å². The second-order valence-electron chi connectivity index (χ2n) is 41.0. The van der Waals surface area contributed by atoms with Gasteiger partial charge in [-0.1, -0.05) is 242 Å². The Labute approximate surface area is 872 Å². The van der Waals surface area contributed by atoms with Gasteiger partial charge in [-0.15, -0.1) is 11.3 Å². The normalized spacial score (nSPS) is 12.9. The number of ether oxygens (including phenoxy) is 3. The molecule has 0 unspecified atom stereocenters. The SMILES string of the molecule is Cc1ccc(N(c2ccc3c(c2)Oc2ccc(C)c4c2B3c2ccccc2N4c2cccc(-c3ccc4c(c3)c3cccc(N(c5ccc(C)cc5)c5ccc6c(c5)Oc5ccc(C)c7c5B6c5ccccc5N7c5ccccc5)c3n4-c3ccccc3)c2)c2cccc3c2sc2cccc(-c4cccc(N5c6ccccc6B6c7ccc(N(c8ccc(C)c(C)c8)c8ccc(C)c(C)c8)cc7Oc7c(C)ccc5c76)c4)c23)cc1. The third-order valence-electron chi connectivity index (χ3n) is 32.2. The van der Waals surface area contributed by atoms with Crippen LogP contribution in [0.5, 0.6) is 34.5 Å². The van der Waals surface area contributed by atoms with Crippen molar-refractivity contribution in [2.45, 2.75) is 62.3 Å². The monoisotopic (exact) mass is 1930 g/mol. The molecule has 0 fully saturated rings. The van der Waals surface area contributed by atoms with Crippen LogP contribution in [-0.4, -0.2) is 24.7 Å². The number of thiophene rings is 1. The smallest absolute Gasteiger partial charge is 0.256 e. The summed E-state index contributed by atoms with van der Waals surface area (Å²) in [7, 11) is 0. The van der Waals surface area contributed by atoms with E-state index < -0.39 is 0 Å². The van der Waals surface area contributed by atoms with Crippen LogP contribution in [-0.2, 0) is 0 Å². The first kappa shape index (κ1) is 87.6. The number of fused-ring (bicyclic) bond motifs is 18. The lowest BCUT2D eigenvalue weighted by Crippen LogP contribution is -2.59. The van der Waals surface area contributed by atoms with Crippen LogP contribution in [0, 0.1) is 62.3 Å². The van der Waals surface area contributed by atoms with Gasteiger partial charge in [-0.3, -0.25) is 0 Å². The Bertz CT molecular complexity index is 9540. The molecule has 6 aliphatic heterocycles. The van der Waals surface area contributed by atoms with Crippen molar-refractivity contribution in [3.05, 3.63) is 481 Å². The maximum atomic E-state index is 7.52. The third-order valence-corrected chi connectivity index (χ3v) is 33.4. The molecule has 0 saturated carbocycles. The lowest BCUT2D eigenvalue weighted by Gasteiger charge is -2.41. The molecule has 14 heteroatoms. The van der Waals surface area contributed by atoms with Gasteiger partial charge in [-0.2, -0.15) is 0 Å². The minimum Gasteiger partial charge on any atom is -0.458 e. The van der Waals surface area contributed by atoms with Crippen LogP contribution in [0.15, 0.2) is 431 Å². The molecule has 29 rings (SSSR count). The number of aryl methyl sites for hydroxylation is 9. The molecule has 706 valence electrons. The Morgan fingerprint density at radius 2 is 0.685 bits per heavy atom. The van der Waals surface area contributed by atoms with E-state index >= 15 is 0 Å². The zero-order chi connectivity index (χ0) is 99.6. The molecular formula is C135H98B3N7O3S. The van der Waals surface area contributed by atoms with E-state index in [1.807, 2.05) is 11.3 Å². The van der Waals surface area contributed by atoms with Gasteiger partial charge in [0.25, 0.3) is 20.1 Å². The molecule has 0 radical (unpaired) electrons. The van der Waals surface area contributed by atoms with E-state index in [1.165, 1.54) is 103 Å². The van der Waals surface area contributed by atoms with Crippen molar-refractivity contribution >= 4 is 225 Å². The van der Waals surface area contributed by atoms with Crippen molar-refractivity contribution in [2.75, 3.05) is 29.4 Å². The third kappa shape index (κ3) is 13.7. The summed E-state index contributed by atoms with van der Waals surface area (Å²) in [6, 6.07) is 160. The van der Waals surface area contributed by atoms with E-state index in [0.29, 0.717) is 0 Å². The number of para-hydroxylation sites is 6. The molecule has 0 atom stereocenters. The number of rotatable bonds is 15. The Hall–Kier alpha value is -18.0. The molecule has 0 N–H and O–H groups in total. The maximum Gasteiger partial charge on any atom is 0.256 e. The molecule has 0 amide bonds. The summed E-state index contributed by atoms with van der Waals surface area (Å²) in [5.41, 5.74) is 48.9. The summed E-state index contributed by atoms with van der Waals surface area (Å²) in [6.07, 6.45) is 0. The molecule has 0 aliphatic carbocycles. The van der Waals surface area contributed by atoms with Crippen molar-refractivity contribution in [1.82, 2.24) is 4.57 Å². The largest absolute Gasteiger partial charge is 0.458 e. The van der Waals surface area contributed by atoms with Crippen molar-refractivity contribution in [2.24, 2.45) is 0 Å². The predicted molar refractivity (Wildman–Crippen MR) is 629 cm³/mol. The van der Waals surface area contributed by atoms with Gasteiger partial charge in [-0.05, 0) is 355 Å². The topological polar surface area (TPSA) is 52.1 Å². The van der Waals surface area contributed by atoms with Crippen LogP contribution in [0.1, 0.15) is 50.1 Å². The van der Waals surface area contributed by atoms with Gasteiger partial charge in [0, 0.05) is 141 Å². The van der Waals surface area contributed by atoms with Crippen LogP contribution < -0.4 is 92.8 Å². The summed E-state index contributed by atoms with van der Waals surface area (Å²) in [5.74, 6) is 5.16. The van der Waals surface area contributed by atoms with Crippen molar-refractivity contribution in [3.63, 3.8) is 0 Å². The quantitative estimate of drug-likeness (QED) is 0.0935. The average Bonchev–Trinajstić information content (AvgIpc) is 1.47. The molecule has 8 heterocycles. The zero-order valence-electron chi connectivity index (χ0n) is 84.0. The fourth-order valence-electron chi connectivity index (χ4n) is 24.9. The zero-order valence-corrected chi connectivity index (χ0v) is 84.8. The number of benzene rings is 21. The maximum absolute atomic E-state index is 7.52. The highest BCUT2D eigenvalue weighted by molar-refractivity contribution is 7.26. The highest BCUT2D eigenvalue weighted by Crippen LogP contribution is 2.55. The number of aromatic nitrogens is 1. The van der Waals surface area contributed by atoms with Crippen LogP contribution in [0.2, 0.25) is 0 Å². The van der Waals surface area contributed by atoms with Crippen molar-refractivity contribution < 1.29 is 14.2 Å². The second kappa shape index (κ2) is 34.1. The molecular weight excluding hydrogens is 1830 g/mol. The van der Waals surface area contributed by atoms with Gasteiger partial charge in [0.2, 0.25) is 0 Å². The van der Waals surface area contributed by atoms with Gasteiger partial charge >= 0.3 is 0 Å². The minimum absolute atomic E-state index is 0.0561. The fraction of sp³-hybridized carbons (Fsp3) is 0.0667. The van der Waals surface area contributed by atoms with Gasteiger partial charge in [0.05, 0.1) is 27.1 Å². The molecule has 0 bridgehead atoms. The minimum atomic E-state index is -0.140. The highest BCUT2D eigenvalue weighted by Gasteiger charge is 2.48. The summed E-state index contributed by atoms with van der Waals surface area (Å²) in [6.45, 7) is 19.5. The molecule has 149 heavy (non-hydrogen) atoms. The first-order valence-electron chi connectivity index (χ1n) is 51.7. The lowest BCUT2D eigenvalue weighted by atomic mass is 9.34. The molecule has 23 aromatic rings. The van der Waals surface area contributed by atoms with E-state index in [0.717, 1.165) is 203 Å². The summed E-state index contributed by atoms with van der Waals surface area (Å²) < 4.78 is 27.1. The lowest BCUT2D eigenvalue weighted by molar-refractivity contribution is 0.484. The van der Waals surface area contributed by atoms with Crippen LogP contribution in [0.4, 0.5) is 102 Å². The standard InChI is InChI=1S/C135H98B3N7O3S/c1-81-47-57-95(58-48-81)140(102-64-67-111-123(79-102)146-121-71-54-85(5)131-129(121)137(111)109-39-17-20-42-116(109)144(131)94-31-14-11-15-32-94)119-44-24-36-105-107-77-91(56-70-114(107)143(133(105)119)93-29-12-10-13-30-93)90-27-22-34-98(75-90)145-117-43-21-18-40-110(117)138-112-68-65-103(80-124(112)147-122-72-55-86(6)132(145)130(122)138)141(96-59-49-82(2)50-60-96)120-45-25-37-106-127-104(35-26-46-126(127)149-135(106)120)92-28-23-33-97(76-92)142-115-41-19-16-38-108(115)136-113-66-63-101(78-125(113)148-134-87(7)53-69-118(142)128(134)136)139(99-61-51-83(3)88(8)73-99)100-62-52-84(4)89(9)74-100/h10-80H,1-9H3. The highest BCUT2D eigenvalue weighted by atomic mass is 32.1. The van der Waals surface area contributed by atoms with E-state index in [4.69, 9.17) is 14.2 Å². The van der Waals surface area contributed by atoms with E-state index in [9.17, 15) is 0 Å². The van der Waals surface area contributed by atoms with Crippen molar-refractivity contribution in [1.29, 1.82) is 0 Å². The molecule has 2 aromatic heterocycles.